The second-order valence-corrected chi connectivity index (χ2v) is 6.17. The van der Waals surface area contributed by atoms with E-state index in [0.29, 0.717) is 5.75 Å². The van der Waals surface area contributed by atoms with E-state index in [1.165, 1.54) is 0 Å². The first-order valence-corrected chi connectivity index (χ1v) is 7.18. The summed E-state index contributed by atoms with van der Waals surface area (Å²) in [5.41, 5.74) is 0. The molecule has 1 aliphatic rings. The molecular weight excluding hydrogens is 198 g/mol. The van der Waals surface area contributed by atoms with E-state index in [1.54, 1.807) is 4.31 Å². The van der Waals surface area contributed by atoms with E-state index in [-0.39, 0.29) is 6.04 Å². The fourth-order valence-corrected chi connectivity index (χ4v) is 3.84. The average Bonchev–Trinajstić information content (AvgIpc) is 2.52. The lowest BCUT2D eigenvalue weighted by Crippen LogP contribution is -2.35. The van der Waals surface area contributed by atoms with E-state index >= 15 is 0 Å². The van der Waals surface area contributed by atoms with Crippen LogP contribution in [0.2, 0.25) is 0 Å². The van der Waals surface area contributed by atoms with Crippen LogP contribution in [-0.4, -0.2) is 31.1 Å². The molecule has 0 amide bonds. The van der Waals surface area contributed by atoms with Gasteiger partial charge in [-0.25, -0.2) is 8.42 Å². The minimum atomic E-state index is -2.95. The van der Waals surface area contributed by atoms with Crippen molar-refractivity contribution in [3.05, 3.63) is 0 Å². The standard InChI is InChI=1S/C10H21NO2S/c1-3-4-5-9-14(12,13)11-8-6-7-10(11)2/h10H,3-9H2,1-2H3. The summed E-state index contributed by atoms with van der Waals surface area (Å²) in [6, 6.07) is 0.224. The Labute approximate surface area is 87.5 Å². The maximum Gasteiger partial charge on any atom is 0.214 e. The van der Waals surface area contributed by atoms with Crippen LogP contribution in [0.1, 0.15) is 46.0 Å². The highest BCUT2D eigenvalue weighted by atomic mass is 32.2. The molecule has 14 heavy (non-hydrogen) atoms. The molecule has 0 aliphatic carbocycles. The number of rotatable bonds is 5. The normalized spacial score (nSPS) is 24.3. The Morgan fingerprint density at radius 2 is 2.07 bits per heavy atom. The first kappa shape index (κ1) is 12.0. The van der Waals surface area contributed by atoms with Crippen molar-refractivity contribution in [2.45, 2.75) is 52.0 Å². The third-order valence-corrected chi connectivity index (χ3v) is 4.92. The van der Waals surface area contributed by atoms with Gasteiger partial charge in [0.1, 0.15) is 0 Å². The maximum absolute atomic E-state index is 11.8. The Morgan fingerprint density at radius 1 is 1.36 bits per heavy atom. The molecule has 1 rings (SSSR count). The summed E-state index contributed by atoms with van der Waals surface area (Å²) in [5, 5.41) is 0. The van der Waals surface area contributed by atoms with Crippen LogP contribution in [-0.2, 0) is 10.0 Å². The van der Waals surface area contributed by atoms with E-state index in [4.69, 9.17) is 0 Å². The monoisotopic (exact) mass is 219 g/mol. The van der Waals surface area contributed by atoms with Gasteiger partial charge in [0.15, 0.2) is 0 Å². The van der Waals surface area contributed by atoms with Gasteiger partial charge in [-0.15, -0.1) is 0 Å². The molecule has 0 aromatic carbocycles. The first-order valence-electron chi connectivity index (χ1n) is 5.57. The van der Waals surface area contributed by atoms with E-state index in [1.807, 2.05) is 6.92 Å². The quantitative estimate of drug-likeness (QED) is 0.663. The van der Waals surface area contributed by atoms with Gasteiger partial charge < -0.3 is 0 Å². The third kappa shape index (κ3) is 2.95. The molecule has 0 N–H and O–H groups in total. The van der Waals surface area contributed by atoms with E-state index in [9.17, 15) is 8.42 Å². The highest BCUT2D eigenvalue weighted by molar-refractivity contribution is 7.89. The average molecular weight is 219 g/mol. The van der Waals surface area contributed by atoms with Crippen molar-refractivity contribution in [3.8, 4) is 0 Å². The fourth-order valence-electron chi connectivity index (χ4n) is 1.97. The van der Waals surface area contributed by atoms with E-state index in [2.05, 4.69) is 6.92 Å². The van der Waals surface area contributed by atoms with Crippen LogP contribution in [0.25, 0.3) is 0 Å². The Hall–Kier alpha value is -0.0900. The second kappa shape index (κ2) is 5.12. The summed E-state index contributed by atoms with van der Waals surface area (Å²) < 4.78 is 25.4. The van der Waals surface area contributed by atoms with Crippen molar-refractivity contribution in [1.82, 2.24) is 4.31 Å². The summed E-state index contributed by atoms with van der Waals surface area (Å²) in [6.45, 7) is 4.82. The summed E-state index contributed by atoms with van der Waals surface area (Å²) in [7, 11) is -2.95. The van der Waals surface area contributed by atoms with Crippen LogP contribution in [0.3, 0.4) is 0 Å². The Kier molecular flexibility index (Phi) is 4.38. The molecule has 84 valence electrons. The molecule has 3 nitrogen and oxygen atoms in total. The second-order valence-electron chi connectivity index (χ2n) is 4.13. The van der Waals surface area contributed by atoms with E-state index < -0.39 is 10.0 Å². The predicted octanol–water partition coefficient (Wildman–Crippen LogP) is 1.99. The number of nitrogens with zero attached hydrogens (tertiary/aromatic N) is 1. The van der Waals surface area contributed by atoms with Gasteiger partial charge in [0, 0.05) is 12.6 Å². The molecule has 1 atom stereocenters. The highest BCUT2D eigenvalue weighted by Crippen LogP contribution is 2.21. The third-order valence-electron chi connectivity index (χ3n) is 2.86. The molecule has 0 aromatic heterocycles. The van der Waals surface area contributed by atoms with Gasteiger partial charge in [-0.1, -0.05) is 19.8 Å². The van der Waals surface area contributed by atoms with Crippen LogP contribution in [0.15, 0.2) is 0 Å². The van der Waals surface area contributed by atoms with E-state index in [0.717, 1.165) is 38.6 Å². The molecule has 1 saturated heterocycles. The van der Waals surface area contributed by atoms with Gasteiger partial charge in [-0.3, -0.25) is 0 Å². The number of hydrogen-bond donors (Lipinski definition) is 0. The molecule has 0 radical (unpaired) electrons. The lowest BCUT2D eigenvalue weighted by atomic mass is 10.3. The van der Waals surface area contributed by atoms with Crippen molar-refractivity contribution in [1.29, 1.82) is 0 Å². The zero-order valence-corrected chi connectivity index (χ0v) is 10.0. The molecule has 1 fully saturated rings. The van der Waals surface area contributed by atoms with Crippen LogP contribution >= 0.6 is 0 Å². The molecule has 1 heterocycles. The molecule has 1 aliphatic heterocycles. The van der Waals surface area contributed by atoms with Gasteiger partial charge in [0.2, 0.25) is 10.0 Å². The van der Waals surface area contributed by atoms with Crippen LogP contribution in [0, 0.1) is 0 Å². The Balaban J connectivity index is 2.47. The Bertz CT molecular complexity index is 261. The lowest BCUT2D eigenvalue weighted by molar-refractivity contribution is 0.407. The molecule has 0 bridgehead atoms. The van der Waals surface area contributed by atoms with Gasteiger partial charge in [0.25, 0.3) is 0 Å². The number of hydrogen-bond acceptors (Lipinski definition) is 2. The topological polar surface area (TPSA) is 37.4 Å². The van der Waals surface area contributed by atoms with Gasteiger partial charge in [-0.2, -0.15) is 4.31 Å². The number of sulfonamides is 1. The molecule has 4 heteroatoms. The van der Waals surface area contributed by atoms with Crippen molar-refractivity contribution in [2.24, 2.45) is 0 Å². The van der Waals surface area contributed by atoms with Gasteiger partial charge in [-0.05, 0) is 26.2 Å². The minimum absolute atomic E-state index is 0.224. The predicted molar refractivity (Wildman–Crippen MR) is 58.7 cm³/mol. The van der Waals surface area contributed by atoms with Gasteiger partial charge in [0.05, 0.1) is 5.75 Å². The van der Waals surface area contributed by atoms with Crippen molar-refractivity contribution in [2.75, 3.05) is 12.3 Å². The largest absolute Gasteiger partial charge is 0.214 e. The smallest absolute Gasteiger partial charge is 0.212 e. The SMILES string of the molecule is CCCCCS(=O)(=O)N1CCCC1C. The van der Waals surface area contributed by atoms with Crippen molar-refractivity contribution in [3.63, 3.8) is 0 Å². The zero-order chi connectivity index (χ0) is 10.6. The molecule has 0 spiro atoms. The molecular formula is C10H21NO2S. The Morgan fingerprint density at radius 3 is 2.57 bits per heavy atom. The summed E-state index contributed by atoms with van der Waals surface area (Å²) >= 11 is 0. The first-order chi connectivity index (χ1) is 6.58. The lowest BCUT2D eigenvalue weighted by Gasteiger charge is -2.20. The highest BCUT2D eigenvalue weighted by Gasteiger charge is 2.30. The van der Waals surface area contributed by atoms with Gasteiger partial charge >= 0.3 is 0 Å². The molecule has 0 aromatic rings. The molecule has 1 unspecified atom stereocenters. The molecule has 0 saturated carbocycles. The van der Waals surface area contributed by atoms with Crippen molar-refractivity contribution < 1.29 is 8.42 Å². The zero-order valence-electron chi connectivity index (χ0n) is 9.20. The minimum Gasteiger partial charge on any atom is -0.212 e. The fraction of sp³-hybridized carbons (Fsp3) is 1.00. The van der Waals surface area contributed by atoms with Crippen molar-refractivity contribution >= 4 is 10.0 Å². The summed E-state index contributed by atoms with van der Waals surface area (Å²) in [6.07, 6.45) is 4.94. The maximum atomic E-state index is 11.8. The van der Waals surface area contributed by atoms with Crippen LogP contribution in [0.5, 0.6) is 0 Å². The summed E-state index contributed by atoms with van der Waals surface area (Å²) in [4.78, 5) is 0. The number of unbranched alkanes of at least 4 members (excludes halogenated alkanes) is 2. The van der Waals surface area contributed by atoms with Crippen LogP contribution in [0.4, 0.5) is 0 Å². The summed E-state index contributed by atoms with van der Waals surface area (Å²) in [5.74, 6) is 0.338. The van der Waals surface area contributed by atoms with Crippen LogP contribution < -0.4 is 0 Å².